The smallest absolute Gasteiger partial charge is 0.310 e. The number of methoxy groups -OCH3 is 1. The number of aryl methyl sites for hydroxylation is 1. The van der Waals surface area contributed by atoms with Gasteiger partial charge in [0.05, 0.1) is 18.1 Å². The third kappa shape index (κ3) is 4.69. The monoisotopic (exact) mass is 344 g/mol. The van der Waals surface area contributed by atoms with Crippen molar-refractivity contribution in [3.05, 3.63) is 63.7 Å². The summed E-state index contributed by atoms with van der Waals surface area (Å²) in [7, 11) is 1.56. The largest absolute Gasteiger partial charge is 0.496 e. The van der Waals surface area contributed by atoms with Crippen LogP contribution in [0.25, 0.3) is 0 Å². The minimum atomic E-state index is -0.538. The van der Waals surface area contributed by atoms with E-state index in [0.717, 1.165) is 11.1 Å². The molecule has 0 aliphatic heterocycles. The quantitative estimate of drug-likeness (QED) is 0.615. The third-order valence-electron chi connectivity index (χ3n) is 3.65. The van der Waals surface area contributed by atoms with Crippen LogP contribution in [-0.2, 0) is 4.79 Å². The number of nitro benzene ring substituents is 1. The van der Waals surface area contributed by atoms with E-state index in [4.69, 9.17) is 9.47 Å². The summed E-state index contributed by atoms with van der Waals surface area (Å²) in [6.07, 6.45) is 0. The molecular weight excluding hydrogens is 324 g/mol. The third-order valence-corrected chi connectivity index (χ3v) is 3.65. The van der Waals surface area contributed by atoms with Crippen LogP contribution in [-0.4, -0.2) is 24.5 Å². The van der Waals surface area contributed by atoms with E-state index in [-0.39, 0.29) is 30.0 Å². The van der Waals surface area contributed by atoms with Gasteiger partial charge in [-0.2, -0.15) is 0 Å². The summed E-state index contributed by atoms with van der Waals surface area (Å²) in [5.74, 6) is 0.366. The predicted octanol–water partition coefficient (Wildman–Crippen LogP) is 3.17. The van der Waals surface area contributed by atoms with E-state index < -0.39 is 4.92 Å². The first-order chi connectivity index (χ1) is 11.9. The topological polar surface area (TPSA) is 90.7 Å². The fraction of sp³-hybridized carbons (Fsp3) is 0.278. The number of hydrogen-bond donors (Lipinski definition) is 1. The molecule has 132 valence electrons. The molecule has 0 aliphatic carbocycles. The minimum absolute atomic E-state index is 0.0742. The molecule has 7 heteroatoms. The van der Waals surface area contributed by atoms with Gasteiger partial charge in [-0.15, -0.1) is 0 Å². The number of hydrogen-bond acceptors (Lipinski definition) is 5. The zero-order valence-corrected chi connectivity index (χ0v) is 14.3. The standard InChI is InChI=1S/C18H20N2O5/c1-12-8-9-15(20(22)23)17(10-12)25-11-18(21)19-13(2)14-6-4-5-7-16(14)24-3/h4-10,13H,11H2,1-3H3,(H,19,21). The summed E-state index contributed by atoms with van der Waals surface area (Å²) in [5.41, 5.74) is 1.47. The molecule has 0 bridgehead atoms. The van der Waals surface area contributed by atoms with E-state index in [1.165, 1.54) is 12.1 Å². The lowest BCUT2D eigenvalue weighted by molar-refractivity contribution is -0.385. The second kappa shape index (κ2) is 8.14. The number of nitrogens with zero attached hydrogens (tertiary/aromatic N) is 1. The molecule has 0 aliphatic rings. The van der Waals surface area contributed by atoms with Gasteiger partial charge in [-0.3, -0.25) is 14.9 Å². The van der Waals surface area contributed by atoms with Crippen molar-refractivity contribution in [2.75, 3.05) is 13.7 Å². The SMILES string of the molecule is COc1ccccc1C(C)NC(=O)COc1cc(C)ccc1[N+](=O)[O-]. The number of para-hydroxylation sites is 1. The highest BCUT2D eigenvalue weighted by molar-refractivity contribution is 5.78. The number of ether oxygens (including phenoxy) is 2. The Balaban J connectivity index is 2.02. The number of carbonyl (C=O) groups excluding carboxylic acids is 1. The molecule has 0 saturated carbocycles. The number of carbonyl (C=O) groups is 1. The fourth-order valence-corrected chi connectivity index (χ4v) is 2.42. The molecule has 0 spiro atoms. The molecule has 25 heavy (non-hydrogen) atoms. The Morgan fingerprint density at radius 3 is 2.64 bits per heavy atom. The molecule has 1 unspecified atom stereocenters. The highest BCUT2D eigenvalue weighted by atomic mass is 16.6. The lowest BCUT2D eigenvalue weighted by Crippen LogP contribution is -2.31. The summed E-state index contributed by atoms with van der Waals surface area (Å²) < 4.78 is 10.6. The van der Waals surface area contributed by atoms with Gasteiger partial charge in [-0.25, -0.2) is 0 Å². The maximum atomic E-state index is 12.1. The number of nitrogens with one attached hydrogen (secondary N) is 1. The highest BCUT2D eigenvalue weighted by Gasteiger charge is 2.18. The van der Waals surface area contributed by atoms with Gasteiger partial charge in [-0.1, -0.05) is 24.3 Å². The van der Waals surface area contributed by atoms with E-state index in [1.54, 1.807) is 20.1 Å². The fourth-order valence-electron chi connectivity index (χ4n) is 2.42. The first kappa shape index (κ1) is 18.3. The number of nitro groups is 1. The molecule has 2 aromatic carbocycles. The van der Waals surface area contributed by atoms with Crippen LogP contribution in [0.2, 0.25) is 0 Å². The van der Waals surface area contributed by atoms with Crippen LogP contribution in [0.1, 0.15) is 24.1 Å². The van der Waals surface area contributed by atoms with Crippen molar-refractivity contribution in [3.63, 3.8) is 0 Å². The summed E-state index contributed by atoms with van der Waals surface area (Å²) in [6, 6.07) is 11.6. The Kier molecular flexibility index (Phi) is 5.94. The van der Waals surface area contributed by atoms with Crippen molar-refractivity contribution < 1.29 is 19.2 Å². The molecule has 0 saturated heterocycles. The Labute approximate surface area is 145 Å². The van der Waals surface area contributed by atoms with Gasteiger partial charge in [-0.05, 0) is 31.5 Å². The van der Waals surface area contributed by atoms with Gasteiger partial charge in [0.25, 0.3) is 5.91 Å². The van der Waals surface area contributed by atoms with Gasteiger partial charge in [0.15, 0.2) is 12.4 Å². The van der Waals surface area contributed by atoms with Gasteiger partial charge >= 0.3 is 5.69 Å². The second-order valence-corrected chi connectivity index (χ2v) is 5.55. The van der Waals surface area contributed by atoms with Crippen LogP contribution in [0.4, 0.5) is 5.69 Å². The van der Waals surface area contributed by atoms with Gasteiger partial charge < -0.3 is 14.8 Å². The molecular formula is C18H20N2O5. The van der Waals surface area contributed by atoms with Crippen LogP contribution in [0.3, 0.4) is 0 Å². The average Bonchev–Trinajstić information content (AvgIpc) is 2.59. The maximum Gasteiger partial charge on any atom is 0.310 e. The van der Waals surface area contributed by atoms with Crippen molar-refractivity contribution in [2.45, 2.75) is 19.9 Å². The molecule has 1 amide bonds. The van der Waals surface area contributed by atoms with Crippen LogP contribution < -0.4 is 14.8 Å². The minimum Gasteiger partial charge on any atom is -0.496 e. The van der Waals surface area contributed by atoms with Crippen LogP contribution >= 0.6 is 0 Å². The molecule has 1 atom stereocenters. The van der Waals surface area contributed by atoms with Gasteiger partial charge in [0.2, 0.25) is 0 Å². The van der Waals surface area contributed by atoms with Gasteiger partial charge in [0, 0.05) is 11.6 Å². The number of rotatable bonds is 7. The van der Waals surface area contributed by atoms with Crippen LogP contribution in [0, 0.1) is 17.0 Å². The predicted molar refractivity (Wildman–Crippen MR) is 92.9 cm³/mol. The maximum absolute atomic E-state index is 12.1. The summed E-state index contributed by atoms with van der Waals surface area (Å²) >= 11 is 0. The molecule has 2 aromatic rings. The van der Waals surface area contributed by atoms with Crippen molar-refractivity contribution in [1.82, 2.24) is 5.32 Å². The number of benzene rings is 2. The number of amides is 1. The van der Waals surface area contributed by atoms with Gasteiger partial charge in [0.1, 0.15) is 5.75 Å². The summed E-state index contributed by atoms with van der Waals surface area (Å²) in [4.78, 5) is 22.6. The van der Waals surface area contributed by atoms with Crippen molar-refractivity contribution in [2.24, 2.45) is 0 Å². The molecule has 7 nitrogen and oxygen atoms in total. The lowest BCUT2D eigenvalue weighted by atomic mass is 10.1. The zero-order valence-electron chi connectivity index (χ0n) is 14.3. The molecule has 0 heterocycles. The van der Waals surface area contributed by atoms with E-state index in [9.17, 15) is 14.9 Å². The van der Waals surface area contributed by atoms with E-state index in [2.05, 4.69) is 5.32 Å². The Hall–Kier alpha value is -3.09. The molecule has 0 fully saturated rings. The summed E-state index contributed by atoms with van der Waals surface area (Å²) in [6.45, 7) is 3.30. The Morgan fingerprint density at radius 2 is 1.96 bits per heavy atom. The van der Waals surface area contributed by atoms with Crippen molar-refractivity contribution in [3.8, 4) is 11.5 Å². The van der Waals surface area contributed by atoms with E-state index >= 15 is 0 Å². The lowest BCUT2D eigenvalue weighted by Gasteiger charge is -2.17. The second-order valence-electron chi connectivity index (χ2n) is 5.55. The van der Waals surface area contributed by atoms with E-state index in [1.807, 2.05) is 31.2 Å². The van der Waals surface area contributed by atoms with Crippen LogP contribution in [0.5, 0.6) is 11.5 Å². The summed E-state index contributed by atoms with van der Waals surface area (Å²) in [5, 5.41) is 13.8. The molecule has 0 radical (unpaired) electrons. The van der Waals surface area contributed by atoms with Crippen molar-refractivity contribution >= 4 is 11.6 Å². The van der Waals surface area contributed by atoms with Crippen LogP contribution in [0.15, 0.2) is 42.5 Å². The first-order valence-electron chi connectivity index (χ1n) is 7.72. The van der Waals surface area contributed by atoms with Crippen molar-refractivity contribution in [1.29, 1.82) is 0 Å². The first-order valence-corrected chi connectivity index (χ1v) is 7.72. The Bertz CT molecular complexity index is 776. The molecule has 2 rings (SSSR count). The molecule has 0 aromatic heterocycles. The molecule has 1 N–H and O–H groups in total. The Morgan fingerprint density at radius 1 is 1.24 bits per heavy atom. The average molecular weight is 344 g/mol. The zero-order chi connectivity index (χ0) is 18.4. The normalized spacial score (nSPS) is 11.5. The van der Waals surface area contributed by atoms with E-state index in [0.29, 0.717) is 5.75 Å². The highest BCUT2D eigenvalue weighted by Crippen LogP contribution is 2.28.